The van der Waals surface area contributed by atoms with Crippen LogP contribution in [0.5, 0.6) is 0 Å². The van der Waals surface area contributed by atoms with Gasteiger partial charge in [0.25, 0.3) is 0 Å². The number of aromatic carboxylic acids is 1. The van der Waals surface area contributed by atoms with Crippen molar-refractivity contribution in [1.82, 2.24) is 0 Å². The molecule has 0 saturated heterocycles. The van der Waals surface area contributed by atoms with Crippen LogP contribution in [-0.4, -0.2) is 17.6 Å². The van der Waals surface area contributed by atoms with Gasteiger partial charge in [0, 0.05) is 17.5 Å². The summed E-state index contributed by atoms with van der Waals surface area (Å²) in [6.45, 7) is 3.20. The first-order valence-electron chi connectivity index (χ1n) is 6.12. The second kappa shape index (κ2) is 5.92. The van der Waals surface area contributed by atoms with Crippen LogP contribution in [0.2, 0.25) is 0 Å². The number of nitrogens with zero attached hydrogens (tertiary/aromatic N) is 1. The lowest BCUT2D eigenvalue weighted by molar-refractivity contribution is 0.0692. The normalized spacial score (nSPS) is 10.5. The number of rotatable bonds is 5. The van der Waals surface area contributed by atoms with Crippen molar-refractivity contribution in [2.75, 3.05) is 17.2 Å². The number of hydrogen-bond donors (Lipinski definition) is 2. The number of halogens is 1. The molecule has 6 heteroatoms. The van der Waals surface area contributed by atoms with E-state index in [1.807, 2.05) is 29.3 Å². The van der Waals surface area contributed by atoms with Gasteiger partial charge in [0.15, 0.2) is 0 Å². The number of benzene rings is 1. The van der Waals surface area contributed by atoms with Gasteiger partial charge in [0.2, 0.25) is 0 Å². The van der Waals surface area contributed by atoms with E-state index >= 15 is 0 Å². The Morgan fingerprint density at radius 3 is 2.80 bits per heavy atom. The van der Waals surface area contributed by atoms with Crippen LogP contribution in [0, 0.1) is 5.82 Å². The summed E-state index contributed by atoms with van der Waals surface area (Å²) in [7, 11) is 0. The van der Waals surface area contributed by atoms with E-state index in [1.54, 1.807) is 11.3 Å². The Morgan fingerprint density at radius 1 is 1.50 bits per heavy atom. The van der Waals surface area contributed by atoms with Crippen molar-refractivity contribution >= 4 is 28.7 Å². The highest BCUT2D eigenvalue weighted by molar-refractivity contribution is 7.09. The fourth-order valence-corrected chi connectivity index (χ4v) is 2.69. The van der Waals surface area contributed by atoms with Crippen molar-refractivity contribution in [2.45, 2.75) is 13.5 Å². The molecule has 2 rings (SSSR count). The minimum Gasteiger partial charge on any atom is -0.478 e. The van der Waals surface area contributed by atoms with Gasteiger partial charge in [-0.05, 0) is 24.4 Å². The van der Waals surface area contributed by atoms with Gasteiger partial charge in [-0.2, -0.15) is 0 Å². The molecular weight excluding hydrogens is 279 g/mol. The lowest BCUT2D eigenvalue weighted by Gasteiger charge is -2.24. The molecule has 2 aromatic rings. The summed E-state index contributed by atoms with van der Waals surface area (Å²) in [6, 6.07) is 6.30. The molecule has 0 fully saturated rings. The summed E-state index contributed by atoms with van der Waals surface area (Å²) >= 11 is 1.61. The van der Waals surface area contributed by atoms with Crippen molar-refractivity contribution in [3.05, 3.63) is 45.9 Å². The molecule has 0 aliphatic heterocycles. The SMILES string of the molecule is CCN(Cc1cccs1)c1cc(F)c(C(=O)O)cc1N. The molecule has 20 heavy (non-hydrogen) atoms. The second-order valence-electron chi connectivity index (χ2n) is 4.29. The van der Waals surface area contributed by atoms with E-state index in [0.717, 1.165) is 4.88 Å². The molecule has 4 nitrogen and oxygen atoms in total. The molecule has 0 aliphatic rings. The molecule has 106 valence electrons. The third kappa shape index (κ3) is 2.91. The summed E-state index contributed by atoms with van der Waals surface area (Å²) in [5.41, 5.74) is 6.24. The van der Waals surface area contributed by atoms with Crippen LogP contribution < -0.4 is 10.6 Å². The maximum atomic E-state index is 13.8. The number of carbonyl (C=O) groups is 1. The van der Waals surface area contributed by atoms with Crippen LogP contribution in [0.15, 0.2) is 29.6 Å². The van der Waals surface area contributed by atoms with Crippen molar-refractivity contribution in [3.63, 3.8) is 0 Å². The molecule has 0 unspecified atom stereocenters. The monoisotopic (exact) mass is 294 g/mol. The Labute approximate surface area is 120 Å². The zero-order chi connectivity index (χ0) is 14.7. The van der Waals surface area contributed by atoms with E-state index in [4.69, 9.17) is 10.8 Å². The van der Waals surface area contributed by atoms with E-state index in [0.29, 0.717) is 18.8 Å². The van der Waals surface area contributed by atoms with E-state index in [1.165, 1.54) is 12.1 Å². The zero-order valence-electron chi connectivity index (χ0n) is 11.0. The summed E-state index contributed by atoms with van der Waals surface area (Å²) in [4.78, 5) is 13.9. The Kier molecular flexibility index (Phi) is 4.24. The van der Waals surface area contributed by atoms with Crippen LogP contribution in [0.25, 0.3) is 0 Å². The van der Waals surface area contributed by atoms with Crippen molar-refractivity contribution in [2.24, 2.45) is 0 Å². The number of anilines is 2. The summed E-state index contributed by atoms with van der Waals surface area (Å²) in [5.74, 6) is -2.09. The highest BCUT2D eigenvalue weighted by Crippen LogP contribution is 2.28. The second-order valence-corrected chi connectivity index (χ2v) is 5.32. The molecular formula is C14H15FN2O2S. The van der Waals surface area contributed by atoms with E-state index in [2.05, 4.69) is 0 Å². The first-order valence-corrected chi connectivity index (χ1v) is 7.00. The van der Waals surface area contributed by atoms with Gasteiger partial charge in [0.05, 0.1) is 23.5 Å². The highest BCUT2D eigenvalue weighted by Gasteiger charge is 2.17. The predicted octanol–water partition coefficient (Wildman–Crippen LogP) is 3.19. The Hall–Kier alpha value is -2.08. The Balaban J connectivity index is 2.35. The van der Waals surface area contributed by atoms with E-state index < -0.39 is 17.3 Å². The molecule has 0 aliphatic carbocycles. The fraction of sp³-hybridized carbons (Fsp3) is 0.214. The number of carboxylic acids is 1. The maximum Gasteiger partial charge on any atom is 0.338 e. The van der Waals surface area contributed by atoms with Gasteiger partial charge < -0.3 is 15.7 Å². The Morgan fingerprint density at radius 2 is 2.25 bits per heavy atom. The summed E-state index contributed by atoms with van der Waals surface area (Å²) in [6.07, 6.45) is 0. The summed E-state index contributed by atoms with van der Waals surface area (Å²) in [5, 5.41) is 10.8. The summed E-state index contributed by atoms with van der Waals surface area (Å²) < 4.78 is 13.8. The van der Waals surface area contributed by atoms with Gasteiger partial charge in [-0.1, -0.05) is 6.07 Å². The van der Waals surface area contributed by atoms with Crippen LogP contribution in [0.1, 0.15) is 22.2 Å². The molecule has 1 heterocycles. The maximum absolute atomic E-state index is 13.8. The van der Waals surface area contributed by atoms with Gasteiger partial charge in [-0.25, -0.2) is 9.18 Å². The van der Waals surface area contributed by atoms with E-state index in [-0.39, 0.29) is 5.69 Å². The van der Waals surface area contributed by atoms with Gasteiger partial charge >= 0.3 is 5.97 Å². The minimum absolute atomic E-state index is 0.266. The molecule has 0 amide bonds. The third-order valence-corrected chi connectivity index (χ3v) is 3.86. The molecule has 1 aromatic heterocycles. The molecule has 1 aromatic carbocycles. The lowest BCUT2D eigenvalue weighted by atomic mass is 10.1. The number of nitrogens with two attached hydrogens (primary N) is 1. The van der Waals surface area contributed by atoms with Gasteiger partial charge in [-0.3, -0.25) is 0 Å². The number of hydrogen-bond acceptors (Lipinski definition) is 4. The van der Waals surface area contributed by atoms with Crippen LogP contribution >= 0.6 is 11.3 Å². The van der Waals surface area contributed by atoms with E-state index in [9.17, 15) is 9.18 Å². The van der Waals surface area contributed by atoms with Crippen LogP contribution in [0.4, 0.5) is 15.8 Å². The van der Waals surface area contributed by atoms with Crippen LogP contribution in [0.3, 0.4) is 0 Å². The quantitative estimate of drug-likeness (QED) is 0.831. The highest BCUT2D eigenvalue weighted by atomic mass is 32.1. The average molecular weight is 294 g/mol. The smallest absolute Gasteiger partial charge is 0.338 e. The first kappa shape index (κ1) is 14.3. The number of nitrogen functional groups attached to an aromatic ring is 1. The molecule has 0 radical (unpaired) electrons. The largest absolute Gasteiger partial charge is 0.478 e. The minimum atomic E-state index is -1.32. The van der Waals surface area contributed by atoms with Gasteiger partial charge in [-0.15, -0.1) is 11.3 Å². The van der Waals surface area contributed by atoms with Crippen LogP contribution in [-0.2, 0) is 6.54 Å². The third-order valence-electron chi connectivity index (χ3n) is 3.00. The average Bonchev–Trinajstić information content (AvgIpc) is 2.91. The van der Waals surface area contributed by atoms with Crippen molar-refractivity contribution in [3.8, 4) is 0 Å². The standard InChI is InChI=1S/C14H15FN2O2S/c1-2-17(8-9-4-3-5-20-9)13-7-11(15)10(14(18)19)6-12(13)16/h3-7H,2,8,16H2,1H3,(H,18,19). The Bertz CT molecular complexity index is 614. The topological polar surface area (TPSA) is 66.6 Å². The van der Waals surface area contributed by atoms with Crippen molar-refractivity contribution < 1.29 is 14.3 Å². The van der Waals surface area contributed by atoms with Gasteiger partial charge in [0.1, 0.15) is 5.82 Å². The lowest BCUT2D eigenvalue weighted by Crippen LogP contribution is -2.23. The fourth-order valence-electron chi connectivity index (χ4n) is 1.98. The predicted molar refractivity (Wildman–Crippen MR) is 78.8 cm³/mol. The molecule has 0 spiro atoms. The molecule has 3 N–H and O–H groups in total. The first-order chi connectivity index (χ1) is 9.52. The number of thiophene rings is 1. The molecule has 0 saturated carbocycles. The number of carboxylic acid groups (broad SMARTS) is 1. The van der Waals surface area contributed by atoms with Crippen molar-refractivity contribution in [1.29, 1.82) is 0 Å². The zero-order valence-corrected chi connectivity index (χ0v) is 11.8. The molecule has 0 bridgehead atoms. The molecule has 0 atom stereocenters.